The van der Waals surface area contributed by atoms with E-state index in [2.05, 4.69) is 0 Å². The molecule has 0 unspecified atom stereocenters. The standard InChI is InChI=1S/C7H15NO2.C5H10O3/c1-5(2)6(9)7(10)8(3)4;1-3(2)4(6)5(7)8/h5-6,9H,1-4H3;3-4,6H,1-2H3,(H,7,8)/t6-;4-/m00/s1. The van der Waals surface area contributed by atoms with Crippen molar-refractivity contribution in [1.29, 1.82) is 0 Å². The summed E-state index contributed by atoms with van der Waals surface area (Å²) in [6, 6.07) is 0. The quantitative estimate of drug-likeness (QED) is 0.672. The lowest BCUT2D eigenvalue weighted by atomic mass is 10.1. The maximum Gasteiger partial charge on any atom is 0.332 e. The van der Waals surface area contributed by atoms with Gasteiger partial charge in [-0.2, -0.15) is 0 Å². The summed E-state index contributed by atoms with van der Waals surface area (Å²) in [5.41, 5.74) is 0. The third-order valence-corrected chi connectivity index (χ3v) is 2.21. The number of hydrogen-bond donors (Lipinski definition) is 3. The van der Waals surface area contributed by atoms with Gasteiger partial charge < -0.3 is 20.2 Å². The molecule has 0 aliphatic carbocycles. The zero-order chi connectivity index (χ0) is 15.0. The summed E-state index contributed by atoms with van der Waals surface area (Å²) in [5, 5.41) is 25.9. The second kappa shape index (κ2) is 8.88. The molecule has 0 bridgehead atoms. The van der Waals surface area contributed by atoms with Crippen LogP contribution < -0.4 is 0 Å². The van der Waals surface area contributed by atoms with Gasteiger partial charge >= 0.3 is 5.97 Å². The first-order valence-electron chi connectivity index (χ1n) is 5.82. The summed E-state index contributed by atoms with van der Waals surface area (Å²) in [6.07, 6.45) is -2.06. The molecule has 0 saturated carbocycles. The van der Waals surface area contributed by atoms with Crippen molar-refractivity contribution in [2.75, 3.05) is 14.1 Å². The van der Waals surface area contributed by atoms with Crippen LogP contribution in [-0.4, -0.2) is 58.4 Å². The minimum Gasteiger partial charge on any atom is -0.479 e. The van der Waals surface area contributed by atoms with Gasteiger partial charge in [-0.15, -0.1) is 0 Å². The summed E-state index contributed by atoms with van der Waals surface area (Å²) < 4.78 is 0. The van der Waals surface area contributed by atoms with E-state index in [1.165, 1.54) is 4.90 Å². The smallest absolute Gasteiger partial charge is 0.332 e. The number of amides is 1. The molecule has 0 spiro atoms. The zero-order valence-electron chi connectivity index (χ0n) is 11.9. The third-order valence-electron chi connectivity index (χ3n) is 2.21. The van der Waals surface area contributed by atoms with Gasteiger partial charge in [-0.1, -0.05) is 27.7 Å². The number of nitrogens with zero attached hydrogens (tertiary/aromatic N) is 1. The molecule has 0 aliphatic heterocycles. The van der Waals surface area contributed by atoms with Gasteiger partial charge in [0.1, 0.15) is 6.10 Å². The first-order chi connectivity index (χ1) is 8.02. The van der Waals surface area contributed by atoms with E-state index >= 15 is 0 Å². The zero-order valence-corrected chi connectivity index (χ0v) is 11.9. The topological polar surface area (TPSA) is 98.1 Å². The SMILES string of the molecule is CC(C)[C@H](O)C(=O)N(C)C.CC(C)[C@H](O)C(=O)O. The summed E-state index contributed by atoms with van der Waals surface area (Å²) in [7, 11) is 3.27. The van der Waals surface area contributed by atoms with Crippen molar-refractivity contribution in [3.05, 3.63) is 0 Å². The van der Waals surface area contributed by atoms with Crippen molar-refractivity contribution < 1.29 is 24.9 Å². The Morgan fingerprint density at radius 1 is 0.889 bits per heavy atom. The Balaban J connectivity index is 0. The average molecular weight is 263 g/mol. The highest BCUT2D eigenvalue weighted by atomic mass is 16.4. The Kier molecular flexibility index (Phi) is 9.47. The first kappa shape index (κ1) is 19.2. The van der Waals surface area contributed by atoms with Gasteiger partial charge in [-0.3, -0.25) is 4.79 Å². The molecule has 0 aromatic rings. The van der Waals surface area contributed by atoms with E-state index in [4.69, 9.17) is 10.2 Å². The molecule has 6 heteroatoms. The minimum absolute atomic E-state index is 0.00472. The molecule has 0 radical (unpaired) electrons. The van der Waals surface area contributed by atoms with E-state index in [-0.39, 0.29) is 17.7 Å². The fourth-order valence-electron chi connectivity index (χ4n) is 0.835. The Labute approximate surface area is 108 Å². The van der Waals surface area contributed by atoms with Crippen LogP contribution in [0.4, 0.5) is 0 Å². The van der Waals surface area contributed by atoms with Crippen molar-refractivity contribution >= 4 is 11.9 Å². The lowest BCUT2D eigenvalue weighted by Gasteiger charge is -2.18. The van der Waals surface area contributed by atoms with E-state index in [1.54, 1.807) is 27.9 Å². The molecule has 0 saturated heterocycles. The predicted octanol–water partition coefficient (Wildman–Crippen LogP) is 0.179. The molecular weight excluding hydrogens is 238 g/mol. The molecule has 0 aliphatic rings. The Hall–Kier alpha value is -1.14. The number of carbonyl (C=O) groups is 2. The van der Waals surface area contributed by atoms with E-state index in [0.29, 0.717) is 0 Å². The van der Waals surface area contributed by atoms with E-state index in [9.17, 15) is 14.7 Å². The van der Waals surface area contributed by atoms with Crippen LogP contribution in [0.5, 0.6) is 0 Å². The number of aliphatic hydroxyl groups is 2. The van der Waals surface area contributed by atoms with Crippen molar-refractivity contribution in [3.63, 3.8) is 0 Å². The number of carbonyl (C=O) groups excluding carboxylic acids is 1. The van der Waals surface area contributed by atoms with Crippen LogP contribution in [0, 0.1) is 11.8 Å². The number of rotatable bonds is 4. The molecular formula is C12H25NO5. The molecule has 108 valence electrons. The van der Waals surface area contributed by atoms with Crippen LogP contribution in [-0.2, 0) is 9.59 Å². The van der Waals surface area contributed by atoms with Gasteiger partial charge in [0.2, 0.25) is 0 Å². The van der Waals surface area contributed by atoms with E-state index in [1.807, 2.05) is 13.8 Å². The highest BCUT2D eigenvalue weighted by molar-refractivity contribution is 5.80. The second-order valence-electron chi connectivity index (χ2n) is 4.95. The first-order valence-corrected chi connectivity index (χ1v) is 5.82. The fourth-order valence-corrected chi connectivity index (χ4v) is 0.835. The summed E-state index contributed by atoms with van der Waals surface area (Å²) in [5.74, 6) is -1.59. The van der Waals surface area contributed by atoms with Crippen LogP contribution in [0.15, 0.2) is 0 Å². The van der Waals surface area contributed by atoms with Gasteiger partial charge in [-0.25, -0.2) is 4.79 Å². The number of aliphatic carboxylic acids is 1. The predicted molar refractivity (Wildman–Crippen MR) is 68.0 cm³/mol. The monoisotopic (exact) mass is 263 g/mol. The molecule has 2 atom stereocenters. The summed E-state index contributed by atoms with van der Waals surface area (Å²) in [6.45, 7) is 6.93. The van der Waals surface area contributed by atoms with Gasteiger partial charge in [0.05, 0.1) is 0 Å². The van der Waals surface area contributed by atoms with Crippen molar-refractivity contribution in [2.45, 2.75) is 39.9 Å². The summed E-state index contributed by atoms with van der Waals surface area (Å²) in [4.78, 5) is 22.2. The molecule has 6 nitrogen and oxygen atoms in total. The molecule has 18 heavy (non-hydrogen) atoms. The molecule has 3 N–H and O–H groups in total. The maximum atomic E-state index is 11.0. The minimum atomic E-state index is -1.21. The van der Waals surface area contributed by atoms with Crippen molar-refractivity contribution in [1.82, 2.24) is 4.90 Å². The van der Waals surface area contributed by atoms with E-state index in [0.717, 1.165) is 0 Å². The maximum absolute atomic E-state index is 11.0. The number of aliphatic hydroxyl groups excluding tert-OH is 2. The van der Waals surface area contributed by atoms with Gasteiger partial charge in [0.15, 0.2) is 6.10 Å². The normalized spacial score (nSPS) is 13.7. The number of carboxylic acid groups (broad SMARTS) is 1. The number of likely N-dealkylation sites (N-methyl/N-ethyl adjacent to an activating group) is 1. The average Bonchev–Trinajstić information content (AvgIpc) is 2.26. The van der Waals surface area contributed by atoms with Crippen LogP contribution in [0.2, 0.25) is 0 Å². The lowest BCUT2D eigenvalue weighted by molar-refractivity contribution is -0.148. The number of carboxylic acids is 1. The van der Waals surface area contributed by atoms with Crippen molar-refractivity contribution in [2.24, 2.45) is 11.8 Å². The third kappa shape index (κ3) is 8.03. The largest absolute Gasteiger partial charge is 0.479 e. The summed E-state index contributed by atoms with van der Waals surface area (Å²) >= 11 is 0. The van der Waals surface area contributed by atoms with E-state index < -0.39 is 18.2 Å². The van der Waals surface area contributed by atoms with Crippen LogP contribution >= 0.6 is 0 Å². The molecule has 0 aromatic carbocycles. The van der Waals surface area contributed by atoms with Gasteiger partial charge in [0, 0.05) is 14.1 Å². The Bertz CT molecular complexity index is 263. The molecule has 0 heterocycles. The van der Waals surface area contributed by atoms with Gasteiger partial charge in [0.25, 0.3) is 5.91 Å². The van der Waals surface area contributed by atoms with Crippen LogP contribution in [0.3, 0.4) is 0 Å². The highest BCUT2D eigenvalue weighted by Gasteiger charge is 2.19. The second-order valence-corrected chi connectivity index (χ2v) is 4.95. The fraction of sp³-hybridized carbons (Fsp3) is 0.833. The number of hydrogen-bond acceptors (Lipinski definition) is 4. The molecule has 1 amide bonds. The molecule has 0 rings (SSSR count). The highest BCUT2D eigenvalue weighted by Crippen LogP contribution is 2.02. The Morgan fingerprint density at radius 2 is 1.22 bits per heavy atom. The van der Waals surface area contributed by atoms with Gasteiger partial charge in [-0.05, 0) is 11.8 Å². The van der Waals surface area contributed by atoms with Crippen molar-refractivity contribution in [3.8, 4) is 0 Å². The van der Waals surface area contributed by atoms with Crippen LogP contribution in [0.25, 0.3) is 0 Å². The molecule has 0 fully saturated rings. The Morgan fingerprint density at radius 3 is 1.28 bits per heavy atom. The molecule has 0 aromatic heterocycles. The van der Waals surface area contributed by atoms with Crippen LogP contribution in [0.1, 0.15) is 27.7 Å². The lowest BCUT2D eigenvalue weighted by Crippen LogP contribution is -2.36.